The molecule has 1 saturated heterocycles. The first kappa shape index (κ1) is 23.0. The Morgan fingerprint density at radius 1 is 1.19 bits per heavy atom. The largest absolute Gasteiger partial charge is 0.325 e. The monoisotopic (exact) mass is 456 g/mol. The number of alkyl halides is 2. The quantitative estimate of drug-likeness (QED) is 0.741. The lowest BCUT2D eigenvalue weighted by Crippen LogP contribution is -2.48. The van der Waals surface area contributed by atoms with Crippen molar-refractivity contribution < 1.29 is 22.0 Å². The number of urea groups is 1. The molecular formula is C19H26F2N6O3S. The molecule has 0 aliphatic carbocycles. The summed E-state index contributed by atoms with van der Waals surface area (Å²) in [4.78, 5) is 14.1. The Morgan fingerprint density at radius 2 is 1.84 bits per heavy atom. The average Bonchev–Trinajstić information content (AvgIpc) is 3.11. The van der Waals surface area contributed by atoms with Gasteiger partial charge in [-0.3, -0.25) is 4.68 Å². The smallest absolute Gasteiger partial charge is 0.321 e. The first-order valence-electron chi connectivity index (χ1n) is 9.83. The summed E-state index contributed by atoms with van der Waals surface area (Å²) in [7, 11) is -2.62. The highest BCUT2D eigenvalue weighted by atomic mass is 32.2. The van der Waals surface area contributed by atoms with E-state index in [1.807, 2.05) is 0 Å². The van der Waals surface area contributed by atoms with Crippen LogP contribution in [0.5, 0.6) is 0 Å². The standard InChI is InChI=1S/C19H26F2N6O3S/c1-18(2,31(29,30)16-11-15(19(3,20)21)25-26(16)4)13-6-9-27(10-7-13)17(28)24-14-5-8-22-23-12-14/h5,8,11-13H,6-7,9-10H2,1-4H3,(H,22,24,28). The van der Waals surface area contributed by atoms with Gasteiger partial charge in [-0.05, 0) is 38.7 Å². The molecule has 0 spiro atoms. The molecule has 1 aliphatic heterocycles. The van der Waals surface area contributed by atoms with Crippen LogP contribution in [-0.2, 0) is 22.8 Å². The third-order valence-corrected chi connectivity index (χ3v) is 8.51. The molecule has 1 fully saturated rings. The number of hydrogen-bond acceptors (Lipinski definition) is 6. The Bertz CT molecular complexity index is 1040. The third kappa shape index (κ3) is 4.53. The van der Waals surface area contributed by atoms with Crippen molar-refractivity contribution in [2.75, 3.05) is 18.4 Å². The van der Waals surface area contributed by atoms with Crippen LogP contribution in [0.1, 0.15) is 39.3 Å². The van der Waals surface area contributed by atoms with Gasteiger partial charge in [0, 0.05) is 33.1 Å². The predicted molar refractivity (Wildman–Crippen MR) is 109 cm³/mol. The van der Waals surface area contributed by atoms with Gasteiger partial charge in [0.25, 0.3) is 5.92 Å². The Kier molecular flexibility index (Phi) is 6.05. The predicted octanol–water partition coefficient (Wildman–Crippen LogP) is 2.82. The van der Waals surface area contributed by atoms with Crippen LogP contribution in [0.2, 0.25) is 0 Å². The van der Waals surface area contributed by atoms with E-state index in [1.54, 1.807) is 24.8 Å². The Balaban J connectivity index is 1.72. The zero-order valence-corrected chi connectivity index (χ0v) is 18.7. The summed E-state index contributed by atoms with van der Waals surface area (Å²) in [5, 5.41) is 13.5. The van der Waals surface area contributed by atoms with Crippen molar-refractivity contribution >= 4 is 21.6 Å². The minimum atomic E-state index is -3.96. The molecule has 0 unspecified atom stereocenters. The van der Waals surface area contributed by atoms with Crippen LogP contribution < -0.4 is 5.32 Å². The van der Waals surface area contributed by atoms with Gasteiger partial charge in [0.1, 0.15) is 5.69 Å². The second-order valence-electron chi connectivity index (χ2n) is 8.31. The van der Waals surface area contributed by atoms with Gasteiger partial charge in [-0.15, -0.1) is 0 Å². The molecule has 3 rings (SSSR count). The van der Waals surface area contributed by atoms with Gasteiger partial charge < -0.3 is 10.2 Å². The zero-order valence-electron chi connectivity index (χ0n) is 17.8. The van der Waals surface area contributed by atoms with Gasteiger partial charge in [0.2, 0.25) is 9.84 Å². The van der Waals surface area contributed by atoms with E-state index in [-0.39, 0.29) is 17.0 Å². The summed E-state index contributed by atoms with van der Waals surface area (Å²) < 4.78 is 53.8. The summed E-state index contributed by atoms with van der Waals surface area (Å²) in [5.41, 5.74) is -0.0637. The summed E-state index contributed by atoms with van der Waals surface area (Å²) in [6.45, 7) is 4.62. The Hall–Kier alpha value is -2.63. The highest BCUT2D eigenvalue weighted by molar-refractivity contribution is 7.92. The number of aryl methyl sites for hydroxylation is 1. The van der Waals surface area contributed by atoms with Gasteiger partial charge in [0.15, 0.2) is 5.03 Å². The van der Waals surface area contributed by atoms with Crippen molar-refractivity contribution in [3.8, 4) is 0 Å². The molecule has 2 aromatic rings. The number of likely N-dealkylation sites (tertiary alicyclic amines) is 1. The van der Waals surface area contributed by atoms with Crippen molar-refractivity contribution in [1.29, 1.82) is 0 Å². The van der Waals surface area contributed by atoms with Crippen LogP contribution in [-0.4, -0.2) is 57.2 Å². The first-order valence-corrected chi connectivity index (χ1v) is 11.3. The maximum Gasteiger partial charge on any atom is 0.321 e. The summed E-state index contributed by atoms with van der Waals surface area (Å²) in [5.74, 6) is -3.50. The molecule has 1 aliphatic rings. The van der Waals surface area contributed by atoms with Crippen molar-refractivity contribution in [2.24, 2.45) is 13.0 Å². The number of carbonyl (C=O) groups excluding carboxylic acids is 1. The molecular weight excluding hydrogens is 430 g/mol. The van der Waals surface area contributed by atoms with Crippen molar-refractivity contribution in [1.82, 2.24) is 24.9 Å². The van der Waals surface area contributed by atoms with Gasteiger partial charge in [-0.1, -0.05) is 0 Å². The second kappa shape index (κ2) is 8.13. The molecule has 9 nitrogen and oxygen atoms in total. The lowest BCUT2D eigenvalue weighted by molar-refractivity contribution is 0.0122. The second-order valence-corrected chi connectivity index (χ2v) is 10.8. The van der Waals surface area contributed by atoms with Crippen molar-refractivity contribution in [2.45, 2.75) is 49.3 Å². The highest BCUT2D eigenvalue weighted by Gasteiger charge is 2.46. The molecule has 0 bridgehead atoms. The van der Waals surface area contributed by atoms with Crippen LogP contribution in [0.15, 0.2) is 29.6 Å². The van der Waals surface area contributed by atoms with Gasteiger partial charge in [0.05, 0.1) is 22.8 Å². The van der Waals surface area contributed by atoms with E-state index in [4.69, 9.17) is 0 Å². The Labute approximate surface area is 179 Å². The van der Waals surface area contributed by atoms with E-state index in [2.05, 4.69) is 20.6 Å². The van der Waals surface area contributed by atoms with Gasteiger partial charge in [-0.25, -0.2) is 13.2 Å². The molecule has 170 valence electrons. The number of amides is 2. The fraction of sp³-hybridized carbons (Fsp3) is 0.579. The maximum atomic E-state index is 13.6. The first-order chi connectivity index (χ1) is 14.3. The van der Waals surface area contributed by atoms with E-state index in [9.17, 15) is 22.0 Å². The molecule has 2 amide bonds. The van der Waals surface area contributed by atoms with E-state index in [0.717, 1.165) is 10.7 Å². The molecule has 0 atom stereocenters. The van der Waals surface area contributed by atoms with Gasteiger partial charge >= 0.3 is 6.03 Å². The average molecular weight is 457 g/mol. The number of hydrogen-bond donors (Lipinski definition) is 1. The van der Waals surface area contributed by atoms with E-state index in [0.29, 0.717) is 38.5 Å². The number of sulfone groups is 1. The number of anilines is 1. The summed E-state index contributed by atoms with van der Waals surface area (Å²) in [6, 6.07) is 2.27. The number of nitrogens with zero attached hydrogens (tertiary/aromatic N) is 5. The zero-order chi connectivity index (χ0) is 23.0. The number of nitrogens with one attached hydrogen (secondary N) is 1. The third-order valence-electron chi connectivity index (χ3n) is 5.86. The molecule has 1 N–H and O–H groups in total. The number of carbonyl (C=O) groups is 1. The maximum absolute atomic E-state index is 13.6. The molecule has 3 heterocycles. The minimum Gasteiger partial charge on any atom is -0.325 e. The molecule has 2 aromatic heterocycles. The number of piperidine rings is 1. The fourth-order valence-corrected chi connectivity index (χ4v) is 5.62. The van der Waals surface area contributed by atoms with Crippen LogP contribution in [0.4, 0.5) is 19.3 Å². The normalized spacial score (nSPS) is 16.4. The van der Waals surface area contributed by atoms with E-state index in [1.165, 1.54) is 19.4 Å². The summed E-state index contributed by atoms with van der Waals surface area (Å²) >= 11 is 0. The van der Waals surface area contributed by atoms with Crippen LogP contribution in [0.25, 0.3) is 0 Å². The SMILES string of the molecule is Cn1nc(C(C)(F)F)cc1S(=O)(=O)C(C)(C)C1CCN(C(=O)Nc2ccnnc2)CC1. The van der Waals surface area contributed by atoms with Crippen LogP contribution in [0, 0.1) is 5.92 Å². The van der Waals surface area contributed by atoms with Crippen LogP contribution in [0.3, 0.4) is 0 Å². The highest BCUT2D eigenvalue weighted by Crippen LogP contribution is 2.39. The number of aromatic nitrogens is 4. The fourth-order valence-electron chi connectivity index (χ4n) is 3.75. The van der Waals surface area contributed by atoms with E-state index < -0.39 is 26.2 Å². The lowest BCUT2D eigenvalue weighted by Gasteiger charge is -2.39. The summed E-state index contributed by atoms with van der Waals surface area (Å²) in [6.07, 6.45) is 3.82. The lowest BCUT2D eigenvalue weighted by atomic mass is 9.86. The topological polar surface area (TPSA) is 110 Å². The molecule has 12 heteroatoms. The number of rotatable bonds is 5. The van der Waals surface area contributed by atoms with Crippen LogP contribution >= 0.6 is 0 Å². The molecule has 31 heavy (non-hydrogen) atoms. The van der Waals surface area contributed by atoms with E-state index >= 15 is 0 Å². The Morgan fingerprint density at radius 3 is 2.35 bits per heavy atom. The number of halogens is 2. The molecule has 0 saturated carbocycles. The minimum absolute atomic E-state index is 0.237. The van der Waals surface area contributed by atoms with Crippen molar-refractivity contribution in [3.63, 3.8) is 0 Å². The molecule has 0 aromatic carbocycles. The van der Waals surface area contributed by atoms with Gasteiger partial charge in [-0.2, -0.15) is 24.1 Å². The molecule has 0 radical (unpaired) electrons. The van der Waals surface area contributed by atoms with Crippen molar-refractivity contribution in [3.05, 3.63) is 30.2 Å².